The molecule has 2 nitrogen and oxygen atoms in total. The second-order valence-electron chi connectivity index (χ2n) is 6.74. The summed E-state index contributed by atoms with van der Waals surface area (Å²) in [6.07, 6.45) is 2.57. The van der Waals surface area contributed by atoms with Gasteiger partial charge in [-0.25, -0.2) is 4.98 Å². The lowest BCUT2D eigenvalue weighted by atomic mass is 10.1. The van der Waals surface area contributed by atoms with Gasteiger partial charge in [0.05, 0.1) is 10.7 Å². The highest BCUT2D eigenvalue weighted by molar-refractivity contribution is 7.12. The molecule has 0 unspecified atom stereocenters. The maximum Gasteiger partial charge on any atom is 0.0994 e. The maximum absolute atomic E-state index is 4.99. The first kappa shape index (κ1) is 14.7. The number of nitrogens with one attached hydrogen (secondary N) is 1. The average Bonchev–Trinajstić information content (AvgIpc) is 3.07. The highest BCUT2D eigenvalue weighted by atomic mass is 32.1. The summed E-state index contributed by atoms with van der Waals surface area (Å²) in [6, 6.07) is 10.6. The Hall–Kier alpha value is -1.19. The van der Waals surface area contributed by atoms with Gasteiger partial charge in [0.15, 0.2) is 0 Å². The Bertz CT molecular complexity index is 597. The van der Waals surface area contributed by atoms with Crippen LogP contribution in [0.4, 0.5) is 0 Å². The van der Waals surface area contributed by atoms with Crippen molar-refractivity contribution in [3.8, 4) is 11.3 Å². The summed E-state index contributed by atoms with van der Waals surface area (Å²) < 4.78 is 0. The summed E-state index contributed by atoms with van der Waals surface area (Å²) in [4.78, 5) is 6.37. The Morgan fingerprint density at radius 1 is 1.24 bits per heavy atom. The molecular formula is C18H24N2S. The van der Waals surface area contributed by atoms with Crippen molar-refractivity contribution in [1.29, 1.82) is 0 Å². The van der Waals surface area contributed by atoms with E-state index in [1.807, 2.05) is 11.3 Å². The van der Waals surface area contributed by atoms with Gasteiger partial charge >= 0.3 is 0 Å². The third-order valence-corrected chi connectivity index (χ3v) is 5.46. The van der Waals surface area contributed by atoms with Crippen LogP contribution in [-0.2, 0) is 12.0 Å². The molecule has 0 radical (unpaired) electrons. The van der Waals surface area contributed by atoms with Crippen LogP contribution in [0.3, 0.4) is 0 Å². The van der Waals surface area contributed by atoms with Gasteiger partial charge in [0.2, 0.25) is 0 Å². The Morgan fingerprint density at radius 3 is 2.57 bits per heavy atom. The molecule has 0 bridgehead atoms. The lowest BCUT2D eigenvalue weighted by molar-refractivity contribution is 0.555. The van der Waals surface area contributed by atoms with Crippen LogP contribution in [-0.4, -0.2) is 11.5 Å². The van der Waals surface area contributed by atoms with Crippen LogP contribution < -0.4 is 5.32 Å². The molecule has 1 aromatic heterocycles. The topological polar surface area (TPSA) is 24.9 Å². The summed E-state index contributed by atoms with van der Waals surface area (Å²) >= 11 is 1.90. The maximum atomic E-state index is 4.99. The van der Waals surface area contributed by atoms with Gasteiger partial charge in [-0.1, -0.05) is 51.1 Å². The van der Waals surface area contributed by atoms with Gasteiger partial charge in [-0.05, 0) is 25.3 Å². The molecule has 21 heavy (non-hydrogen) atoms. The van der Waals surface area contributed by atoms with E-state index in [1.54, 1.807) is 0 Å². The lowest BCUT2D eigenvalue weighted by Crippen LogP contribution is -2.18. The number of hydrogen-bond donors (Lipinski definition) is 1. The molecule has 1 aliphatic carbocycles. The second-order valence-corrected chi connectivity index (χ2v) is 7.83. The van der Waals surface area contributed by atoms with Crippen molar-refractivity contribution in [3.63, 3.8) is 0 Å². The average molecular weight is 300 g/mol. The number of rotatable bonds is 6. The number of thiazole rings is 1. The summed E-state index contributed by atoms with van der Waals surface area (Å²) in [5.41, 5.74) is 2.77. The number of benzene rings is 1. The van der Waals surface area contributed by atoms with Crippen molar-refractivity contribution < 1.29 is 0 Å². The molecule has 1 saturated carbocycles. The van der Waals surface area contributed by atoms with Crippen LogP contribution in [0.1, 0.15) is 43.5 Å². The van der Waals surface area contributed by atoms with Crippen LogP contribution in [0.2, 0.25) is 0 Å². The highest BCUT2D eigenvalue weighted by Crippen LogP contribution is 2.50. The fourth-order valence-electron chi connectivity index (χ4n) is 2.43. The molecule has 0 amide bonds. The van der Waals surface area contributed by atoms with Gasteiger partial charge in [0, 0.05) is 22.4 Å². The Kier molecular flexibility index (Phi) is 4.14. The normalized spacial score (nSPS) is 16.4. The van der Waals surface area contributed by atoms with Crippen molar-refractivity contribution in [2.45, 2.75) is 45.6 Å². The monoisotopic (exact) mass is 300 g/mol. The molecule has 1 fully saturated rings. The molecular weight excluding hydrogens is 276 g/mol. The molecule has 0 spiro atoms. The molecule has 1 heterocycles. The van der Waals surface area contributed by atoms with E-state index < -0.39 is 0 Å². The molecule has 3 heteroatoms. The Balaban J connectivity index is 1.87. The van der Waals surface area contributed by atoms with Crippen molar-refractivity contribution >= 4 is 11.3 Å². The van der Waals surface area contributed by atoms with E-state index in [1.165, 1.54) is 34.0 Å². The minimum atomic E-state index is 0.352. The van der Waals surface area contributed by atoms with E-state index in [0.717, 1.165) is 13.1 Å². The Labute approximate surface area is 131 Å². The summed E-state index contributed by atoms with van der Waals surface area (Å²) in [7, 11) is 0. The largest absolute Gasteiger partial charge is 0.312 e. The molecule has 2 aromatic rings. The third-order valence-electron chi connectivity index (χ3n) is 4.10. The highest BCUT2D eigenvalue weighted by Gasteiger charge is 2.42. The van der Waals surface area contributed by atoms with E-state index in [2.05, 4.69) is 56.4 Å². The fourth-order valence-corrected chi connectivity index (χ4v) is 3.68. The minimum Gasteiger partial charge on any atom is -0.312 e. The van der Waals surface area contributed by atoms with Gasteiger partial charge in [-0.15, -0.1) is 11.3 Å². The first-order chi connectivity index (χ1) is 10.1. The van der Waals surface area contributed by atoms with Gasteiger partial charge < -0.3 is 5.32 Å². The van der Waals surface area contributed by atoms with Crippen LogP contribution in [0, 0.1) is 5.92 Å². The predicted octanol–water partition coefficient (Wildman–Crippen LogP) is 4.61. The molecule has 3 rings (SSSR count). The predicted molar refractivity (Wildman–Crippen MR) is 90.7 cm³/mol. The second kappa shape index (κ2) is 5.90. The number of aromatic nitrogens is 1. The molecule has 1 aromatic carbocycles. The zero-order chi connectivity index (χ0) is 14.9. The smallest absolute Gasteiger partial charge is 0.0994 e. The molecule has 1 N–H and O–H groups in total. The summed E-state index contributed by atoms with van der Waals surface area (Å²) in [5.74, 6) is 0.679. The minimum absolute atomic E-state index is 0.352. The van der Waals surface area contributed by atoms with Gasteiger partial charge in [0.25, 0.3) is 0 Å². The summed E-state index contributed by atoms with van der Waals surface area (Å²) in [5, 5.41) is 4.89. The van der Waals surface area contributed by atoms with Crippen LogP contribution in [0.15, 0.2) is 30.3 Å². The van der Waals surface area contributed by atoms with Crippen molar-refractivity contribution in [2.75, 3.05) is 6.54 Å². The Morgan fingerprint density at radius 2 is 1.95 bits per heavy atom. The molecule has 0 atom stereocenters. The first-order valence-electron chi connectivity index (χ1n) is 7.85. The zero-order valence-electron chi connectivity index (χ0n) is 13.1. The van der Waals surface area contributed by atoms with E-state index in [4.69, 9.17) is 4.98 Å². The standard InChI is InChI=1S/C18H24N2S/c1-13(2)11-19-12-15-16(14-7-5-4-6-8-14)20-17(21-15)18(3)9-10-18/h4-8,13,19H,9-12H2,1-3H3. The lowest BCUT2D eigenvalue weighted by Gasteiger charge is -2.07. The van der Waals surface area contributed by atoms with Crippen LogP contribution in [0.5, 0.6) is 0 Å². The van der Waals surface area contributed by atoms with E-state index in [9.17, 15) is 0 Å². The number of nitrogens with zero attached hydrogens (tertiary/aromatic N) is 1. The van der Waals surface area contributed by atoms with Crippen LogP contribution >= 0.6 is 11.3 Å². The van der Waals surface area contributed by atoms with Crippen LogP contribution in [0.25, 0.3) is 11.3 Å². The van der Waals surface area contributed by atoms with E-state index >= 15 is 0 Å². The molecule has 0 aliphatic heterocycles. The molecule has 1 aliphatic rings. The zero-order valence-corrected chi connectivity index (χ0v) is 14.0. The third kappa shape index (κ3) is 3.35. The quantitative estimate of drug-likeness (QED) is 0.843. The van der Waals surface area contributed by atoms with E-state index in [0.29, 0.717) is 11.3 Å². The van der Waals surface area contributed by atoms with Gasteiger partial charge in [0.1, 0.15) is 0 Å². The van der Waals surface area contributed by atoms with Gasteiger partial charge in [-0.2, -0.15) is 0 Å². The SMILES string of the molecule is CC(C)CNCc1sc(C2(C)CC2)nc1-c1ccccc1. The van der Waals surface area contributed by atoms with Crippen molar-refractivity contribution in [3.05, 3.63) is 40.2 Å². The first-order valence-corrected chi connectivity index (χ1v) is 8.66. The molecule has 0 saturated heterocycles. The fraction of sp³-hybridized carbons (Fsp3) is 0.500. The number of hydrogen-bond acceptors (Lipinski definition) is 3. The summed E-state index contributed by atoms with van der Waals surface area (Å²) in [6.45, 7) is 8.81. The van der Waals surface area contributed by atoms with E-state index in [-0.39, 0.29) is 0 Å². The van der Waals surface area contributed by atoms with Crippen molar-refractivity contribution in [1.82, 2.24) is 10.3 Å². The van der Waals surface area contributed by atoms with Gasteiger partial charge in [-0.3, -0.25) is 0 Å². The van der Waals surface area contributed by atoms with Crippen molar-refractivity contribution in [2.24, 2.45) is 5.92 Å². The molecule has 112 valence electrons.